The van der Waals surface area contributed by atoms with E-state index in [2.05, 4.69) is 4.98 Å². The van der Waals surface area contributed by atoms with Crippen molar-refractivity contribution in [1.82, 2.24) is 4.98 Å². The molecule has 1 aromatic rings. The lowest BCUT2D eigenvalue weighted by Gasteiger charge is -2.15. The van der Waals surface area contributed by atoms with E-state index in [0.29, 0.717) is 0 Å². The molecule has 2 N–H and O–H groups in total. The Balaban J connectivity index is 2.90. The van der Waals surface area contributed by atoms with E-state index in [0.717, 1.165) is 6.20 Å². The highest BCUT2D eigenvalue weighted by molar-refractivity contribution is 6.31. The van der Waals surface area contributed by atoms with Crippen LogP contribution in [0.15, 0.2) is 12.3 Å². The predicted molar refractivity (Wildman–Crippen MR) is 46.9 cm³/mol. The molecule has 0 saturated heterocycles. The van der Waals surface area contributed by atoms with Crippen molar-refractivity contribution in [2.75, 3.05) is 0 Å². The van der Waals surface area contributed by atoms with Gasteiger partial charge in [-0.2, -0.15) is 17.6 Å². The summed E-state index contributed by atoms with van der Waals surface area (Å²) in [6.45, 7) is 0. The van der Waals surface area contributed by atoms with Gasteiger partial charge < -0.3 is 5.73 Å². The third-order valence-electron chi connectivity index (χ3n) is 1.79. The largest absolute Gasteiger partial charge is 0.403 e. The Labute approximate surface area is 88.1 Å². The van der Waals surface area contributed by atoms with Crippen molar-refractivity contribution >= 4 is 11.6 Å². The molecule has 1 aromatic heterocycles. The first-order valence-corrected chi connectivity index (χ1v) is 4.31. The van der Waals surface area contributed by atoms with Crippen LogP contribution in [0, 0.1) is 5.95 Å². The summed E-state index contributed by atoms with van der Waals surface area (Å²) in [7, 11) is 0. The normalized spacial score (nSPS) is 14.0. The highest BCUT2D eigenvalue weighted by Crippen LogP contribution is 2.25. The van der Waals surface area contributed by atoms with Gasteiger partial charge in [0, 0.05) is 23.2 Å². The van der Waals surface area contributed by atoms with Gasteiger partial charge in [-0.25, -0.2) is 4.98 Å². The summed E-state index contributed by atoms with van der Waals surface area (Å²) in [6, 6.07) is -0.933. The molecular weight excluding hydrogens is 236 g/mol. The van der Waals surface area contributed by atoms with E-state index in [4.69, 9.17) is 17.3 Å². The van der Waals surface area contributed by atoms with Crippen molar-refractivity contribution in [1.29, 1.82) is 0 Å². The van der Waals surface area contributed by atoms with E-state index < -0.39 is 24.6 Å². The van der Waals surface area contributed by atoms with E-state index in [1.165, 1.54) is 6.07 Å². The lowest BCUT2D eigenvalue weighted by Crippen LogP contribution is -2.39. The summed E-state index contributed by atoms with van der Waals surface area (Å²) in [6.07, 6.45) is -4.23. The highest BCUT2D eigenvalue weighted by atomic mass is 35.5. The predicted octanol–water partition coefficient (Wildman–Crippen LogP) is 2.31. The molecule has 84 valence electrons. The molecule has 0 aliphatic rings. The van der Waals surface area contributed by atoms with E-state index in [-0.39, 0.29) is 10.6 Å². The fourth-order valence-electron chi connectivity index (χ4n) is 0.963. The third-order valence-corrected chi connectivity index (χ3v) is 2.14. The number of hydrogen-bond donors (Lipinski definition) is 1. The van der Waals surface area contributed by atoms with Crippen molar-refractivity contribution < 1.29 is 17.6 Å². The second-order valence-corrected chi connectivity index (χ2v) is 3.32. The van der Waals surface area contributed by atoms with Crippen LogP contribution in [0.1, 0.15) is 5.56 Å². The third kappa shape index (κ3) is 3.04. The SMILES string of the molecule is NC(Cc1c(Cl)ccnc1F)C(F)(F)F. The zero-order valence-electron chi connectivity index (χ0n) is 7.35. The Bertz CT molecular complexity index is 333. The minimum Gasteiger partial charge on any atom is -0.320 e. The van der Waals surface area contributed by atoms with Crippen molar-refractivity contribution in [3.05, 3.63) is 28.8 Å². The quantitative estimate of drug-likeness (QED) is 0.638. The van der Waals surface area contributed by atoms with Gasteiger partial charge in [-0.15, -0.1) is 0 Å². The van der Waals surface area contributed by atoms with Crippen molar-refractivity contribution in [3.8, 4) is 0 Å². The molecular formula is C8H7ClF4N2. The molecule has 1 unspecified atom stereocenters. The standard InChI is InChI=1S/C8H7ClF4N2/c9-5-1-2-15-7(10)4(5)3-6(14)8(11,12)13/h1-2,6H,3,14H2. The number of aromatic nitrogens is 1. The molecule has 2 nitrogen and oxygen atoms in total. The summed E-state index contributed by atoms with van der Waals surface area (Å²) in [5.74, 6) is -1.03. The zero-order chi connectivity index (χ0) is 11.6. The fourth-order valence-corrected chi connectivity index (χ4v) is 1.17. The second kappa shape index (κ2) is 4.32. The summed E-state index contributed by atoms with van der Waals surface area (Å²) >= 11 is 5.52. The highest BCUT2D eigenvalue weighted by Gasteiger charge is 2.37. The Morgan fingerprint density at radius 2 is 2.07 bits per heavy atom. The smallest absolute Gasteiger partial charge is 0.320 e. The number of pyridine rings is 1. The molecule has 0 saturated carbocycles. The maximum absolute atomic E-state index is 13.0. The molecule has 0 aliphatic heterocycles. The monoisotopic (exact) mass is 242 g/mol. The lowest BCUT2D eigenvalue weighted by atomic mass is 10.1. The summed E-state index contributed by atoms with van der Waals surface area (Å²) < 4.78 is 49.2. The van der Waals surface area contributed by atoms with Gasteiger partial charge in [0.25, 0.3) is 0 Å². The second-order valence-electron chi connectivity index (χ2n) is 2.91. The van der Waals surface area contributed by atoms with Crippen molar-refractivity contribution in [3.63, 3.8) is 0 Å². The molecule has 0 amide bonds. The molecule has 15 heavy (non-hydrogen) atoms. The minimum atomic E-state index is -4.58. The maximum atomic E-state index is 13.0. The molecule has 7 heteroatoms. The fraction of sp³-hybridized carbons (Fsp3) is 0.375. The van der Waals surface area contributed by atoms with Gasteiger partial charge in [-0.1, -0.05) is 11.6 Å². The van der Waals surface area contributed by atoms with Crippen LogP contribution in [0.4, 0.5) is 17.6 Å². The van der Waals surface area contributed by atoms with E-state index in [9.17, 15) is 17.6 Å². The van der Waals surface area contributed by atoms with Gasteiger partial charge in [0.2, 0.25) is 5.95 Å². The van der Waals surface area contributed by atoms with Gasteiger partial charge in [-0.05, 0) is 6.07 Å². The molecule has 0 bridgehead atoms. The summed E-state index contributed by atoms with van der Waals surface area (Å²) in [5, 5.41) is -0.109. The van der Waals surface area contributed by atoms with Gasteiger partial charge in [0.15, 0.2) is 0 Å². The number of rotatable bonds is 2. The lowest BCUT2D eigenvalue weighted by molar-refractivity contribution is -0.147. The molecule has 0 radical (unpaired) electrons. The first-order valence-electron chi connectivity index (χ1n) is 3.93. The van der Waals surface area contributed by atoms with Gasteiger partial charge in [0.05, 0.1) is 0 Å². The first-order chi connectivity index (χ1) is 6.82. The van der Waals surface area contributed by atoms with Crippen LogP contribution in [-0.2, 0) is 6.42 Å². The minimum absolute atomic E-state index is 0.109. The van der Waals surface area contributed by atoms with Crippen molar-refractivity contribution in [2.45, 2.75) is 18.6 Å². The Morgan fingerprint density at radius 1 is 1.47 bits per heavy atom. The van der Waals surface area contributed by atoms with Crippen LogP contribution >= 0.6 is 11.6 Å². The molecule has 0 fully saturated rings. The molecule has 1 rings (SSSR count). The van der Waals surface area contributed by atoms with Crippen LogP contribution < -0.4 is 5.73 Å². The van der Waals surface area contributed by atoms with Gasteiger partial charge in [0.1, 0.15) is 6.04 Å². The van der Waals surface area contributed by atoms with Crippen LogP contribution in [0.2, 0.25) is 5.02 Å². The molecule has 0 spiro atoms. The summed E-state index contributed by atoms with van der Waals surface area (Å²) in [4.78, 5) is 3.20. The van der Waals surface area contributed by atoms with Crippen LogP contribution in [0.25, 0.3) is 0 Å². The Hall–Kier alpha value is -0.880. The molecule has 1 heterocycles. The number of nitrogens with zero attached hydrogens (tertiary/aromatic N) is 1. The number of nitrogens with two attached hydrogens (primary N) is 1. The first kappa shape index (κ1) is 12.2. The molecule has 0 aromatic carbocycles. The number of alkyl halides is 3. The molecule has 1 atom stereocenters. The number of halogens is 5. The van der Waals surface area contributed by atoms with Crippen molar-refractivity contribution in [2.24, 2.45) is 5.73 Å². The maximum Gasteiger partial charge on any atom is 0.403 e. The average Bonchev–Trinajstić information content (AvgIpc) is 2.09. The zero-order valence-corrected chi connectivity index (χ0v) is 8.11. The van der Waals surface area contributed by atoms with Gasteiger partial charge >= 0.3 is 6.18 Å². The van der Waals surface area contributed by atoms with Crippen LogP contribution in [-0.4, -0.2) is 17.2 Å². The average molecular weight is 243 g/mol. The van der Waals surface area contributed by atoms with Gasteiger partial charge in [-0.3, -0.25) is 0 Å². The number of hydrogen-bond acceptors (Lipinski definition) is 2. The van der Waals surface area contributed by atoms with Crippen LogP contribution in [0.5, 0.6) is 0 Å². The topological polar surface area (TPSA) is 38.9 Å². The van der Waals surface area contributed by atoms with Crippen LogP contribution in [0.3, 0.4) is 0 Å². The van der Waals surface area contributed by atoms with E-state index in [1.807, 2.05) is 0 Å². The van der Waals surface area contributed by atoms with E-state index in [1.54, 1.807) is 0 Å². The molecule has 0 aliphatic carbocycles. The Kier molecular flexibility index (Phi) is 3.51. The Morgan fingerprint density at radius 3 is 2.53 bits per heavy atom. The van der Waals surface area contributed by atoms with E-state index >= 15 is 0 Å². The summed E-state index contributed by atoms with van der Waals surface area (Å²) in [5.41, 5.74) is 4.53.